The zero-order valence-corrected chi connectivity index (χ0v) is 13.2. The molecule has 5 nitrogen and oxygen atoms in total. The van der Waals surface area contributed by atoms with Crippen LogP contribution < -0.4 is 10.2 Å². The molecule has 0 bridgehead atoms. The number of nitrogens with zero attached hydrogens (tertiary/aromatic N) is 1. The third-order valence-electron chi connectivity index (χ3n) is 3.49. The van der Waals surface area contributed by atoms with Gasteiger partial charge in [0.2, 0.25) is 0 Å². The molecule has 0 aliphatic heterocycles. The molecule has 116 valence electrons. The topological polar surface area (TPSA) is 74.2 Å². The van der Waals surface area contributed by atoms with Crippen LogP contribution >= 0.6 is 11.9 Å². The molecule has 23 heavy (non-hydrogen) atoms. The average Bonchev–Trinajstić information content (AvgIpc) is 2.61. The van der Waals surface area contributed by atoms with Crippen molar-refractivity contribution in [1.82, 2.24) is 10.5 Å². The van der Waals surface area contributed by atoms with Crippen LogP contribution in [0.25, 0.3) is 10.9 Å². The Morgan fingerprint density at radius 1 is 1.17 bits per heavy atom. The van der Waals surface area contributed by atoms with Gasteiger partial charge in [-0.2, -0.15) is 0 Å². The van der Waals surface area contributed by atoms with Gasteiger partial charge in [-0.1, -0.05) is 24.3 Å². The number of hydrogen-bond acceptors (Lipinski definition) is 5. The van der Waals surface area contributed by atoms with Gasteiger partial charge < -0.3 is 4.72 Å². The van der Waals surface area contributed by atoms with Crippen molar-refractivity contribution in [2.45, 2.75) is 11.8 Å². The van der Waals surface area contributed by atoms with Crippen LogP contribution in [-0.4, -0.2) is 16.1 Å². The Labute approximate surface area is 137 Å². The number of carbonyl (C=O) groups is 1. The zero-order valence-electron chi connectivity index (χ0n) is 12.4. The molecule has 1 aromatic heterocycles. The molecule has 0 aliphatic rings. The first-order valence-corrected chi connectivity index (χ1v) is 7.82. The SMILES string of the molecule is Cc1c(NSc2ccccc2)ccc2cc(C(=O)NO)cnc12. The number of anilines is 1. The minimum Gasteiger partial charge on any atom is -0.325 e. The highest BCUT2D eigenvalue weighted by molar-refractivity contribution is 8.00. The Morgan fingerprint density at radius 2 is 1.96 bits per heavy atom. The highest BCUT2D eigenvalue weighted by atomic mass is 32.2. The number of aryl methyl sites for hydroxylation is 1. The maximum absolute atomic E-state index is 11.5. The standard InChI is InChI=1S/C17H15N3O2S/c1-11-15(20-23-14-5-3-2-4-6-14)8-7-12-9-13(17(21)19-22)10-18-16(11)12/h2-10,20,22H,1H3,(H,19,21). The smallest absolute Gasteiger partial charge is 0.276 e. The van der Waals surface area contributed by atoms with Crippen LogP contribution in [0.15, 0.2) is 59.6 Å². The van der Waals surface area contributed by atoms with Crippen molar-refractivity contribution < 1.29 is 10.0 Å². The largest absolute Gasteiger partial charge is 0.325 e. The summed E-state index contributed by atoms with van der Waals surface area (Å²) in [6.45, 7) is 1.98. The molecule has 2 aromatic carbocycles. The minimum atomic E-state index is -0.570. The first kappa shape index (κ1) is 15.3. The number of pyridine rings is 1. The lowest BCUT2D eigenvalue weighted by molar-refractivity contribution is 0.0706. The van der Waals surface area contributed by atoms with Gasteiger partial charge >= 0.3 is 0 Å². The Balaban J connectivity index is 1.88. The van der Waals surface area contributed by atoms with Crippen molar-refractivity contribution >= 4 is 34.4 Å². The molecule has 0 saturated heterocycles. The summed E-state index contributed by atoms with van der Waals surface area (Å²) in [5.41, 5.74) is 4.72. The van der Waals surface area contributed by atoms with E-state index in [-0.39, 0.29) is 0 Å². The van der Waals surface area contributed by atoms with E-state index in [4.69, 9.17) is 5.21 Å². The molecule has 0 spiro atoms. The lowest BCUT2D eigenvalue weighted by atomic mass is 10.1. The maximum atomic E-state index is 11.5. The second-order valence-electron chi connectivity index (χ2n) is 4.99. The number of nitrogens with one attached hydrogen (secondary N) is 2. The van der Waals surface area contributed by atoms with Crippen molar-refractivity contribution in [3.8, 4) is 0 Å². The number of fused-ring (bicyclic) bond motifs is 1. The van der Waals surface area contributed by atoms with Crippen LogP contribution in [0.4, 0.5) is 5.69 Å². The first-order chi connectivity index (χ1) is 11.2. The summed E-state index contributed by atoms with van der Waals surface area (Å²) in [6.07, 6.45) is 1.45. The maximum Gasteiger partial charge on any atom is 0.276 e. The fourth-order valence-electron chi connectivity index (χ4n) is 2.25. The Bertz CT molecular complexity index is 853. The monoisotopic (exact) mass is 325 g/mol. The molecule has 3 aromatic rings. The van der Waals surface area contributed by atoms with Crippen LogP contribution in [0.1, 0.15) is 15.9 Å². The van der Waals surface area contributed by atoms with Crippen LogP contribution in [0.5, 0.6) is 0 Å². The van der Waals surface area contributed by atoms with Gasteiger partial charge in [0, 0.05) is 22.2 Å². The highest BCUT2D eigenvalue weighted by Gasteiger charge is 2.09. The van der Waals surface area contributed by atoms with E-state index in [0.29, 0.717) is 5.56 Å². The number of aromatic nitrogens is 1. The van der Waals surface area contributed by atoms with Crippen molar-refractivity contribution in [1.29, 1.82) is 0 Å². The molecular formula is C17H15N3O2S. The first-order valence-electron chi connectivity index (χ1n) is 7.01. The molecule has 3 N–H and O–H groups in total. The third-order valence-corrected chi connectivity index (χ3v) is 4.32. The number of benzene rings is 2. The summed E-state index contributed by atoms with van der Waals surface area (Å²) in [5, 5.41) is 9.54. The van der Waals surface area contributed by atoms with Gasteiger partial charge in [0.1, 0.15) is 0 Å². The Morgan fingerprint density at radius 3 is 2.70 bits per heavy atom. The Kier molecular flexibility index (Phi) is 4.45. The van der Waals surface area contributed by atoms with E-state index < -0.39 is 5.91 Å². The van der Waals surface area contributed by atoms with Crippen LogP contribution in [0.3, 0.4) is 0 Å². The lowest BCUT2D eigenvalue weighted by Crippen LogP contribution is -2.18. The molecule has 0 aliphatic carbocycles. The average molecular weight is 325 g/mol. The summed E-state index contributed by atoms with van der Waals surface area (Å²) in [7, 11) is 0. The molecule has 0 fully saturated rings. The normalized spacial score (nSPS) is 10.5. The van der Waals surface area contributed by atoms with E-state index in [2.05, 4.69) is 9.71 Å². The fourth-order valence-corrected chi connectivity index (χ4v) is 2.99. The van der Waals surface area contributed by atoms with Crippen LogP contribution in [0.2, 0.25) is 0 Å². The van der Waals surface area contributed by atoms with Gasteiger partial charge in [0.15, 0.2) is 0 Å². The highest BCUT2D eigenvalue weighted by Crippen LogP contribution is 2.28. The summed E-state index contributed by atoms with van der Waals surface area (Å²) >= 11 is 1.53. The molecular weight excluding hydrogens is 310 g/mol. The molecule has 3 rings (SSSR count). The van der Waals surface area contributed by atoms with Gasteiger partial charge in [-0.3, -0.25) is 15.0 Å². The van der Waals surface area contributed by atoms with Crippen molar-refractivity contribution in [2.75, 3.05) is 4.72 Å². The second kappa shape index (κ2) is 6.68. The predicted molar refractivity (Wildman–Crippen MR) is 91.7 cm³/mol. The van der Waals surface area contributed by atoms with Gasteiger partial charge in [0.25, 0.3) is 5.91 Å². The summed E-state index contributed by atoms with van der Waals surface area (Å²) in [6, 6.07) is 15.6. The predicted octanol–water partition coefficient (Wildman–Crippen LogP) is 3.78. The molecule has 1 amide bonds. The van der Waals surface area contributed by atoms with Crippen LogP contribution in [0, 0.1) is 6.92 Å². The number of hydroxylamine groups is 1. The molecule has 0 atom stereocenters. The van der Waals surface area contributed by atoms with E-state index >= 15 is 0 Å². The van der Waals surface area contributed by atoms with E-state index in [1.54, 1.807) is 11.5 Å². The fraction of sp³-hybridized carbons (Fsp3) is 0.0588. The summed E-state index contributed by atoms with van der Waals surface area (Å²) in [4.78, 5) is 16.9. The van der Waals surface area contributed by atoms with E-state index in [1.807, 2.05) is 49.4 Å². The zero-order chi connectivity index (χ0) is 16.2. The van der Waals surface area contributed by atoms with Gasteiger partial charge in [-0.05, 0) is 48.7 Å². The van der Waals surface area contributed by atoms with E-state index in [9.17, 15) is 4.79 Å². The molecule has 0 unspecified atom stereocenters. The number of hydrogen-bond donors (Lipinski definition) is 3. The number of carbonyl (C=O) groups excluding carboxylic acids is 1. The molecule has 6 heteroatoms. The third kappa shape index (κ3) is 3.28. The summed E-state index contributed by atoms with van der Waals surface area (Å²) in [5.74, 6) is -0.570. The van der Waals surface area contributed by atoms with E-state index in [1.165, 1.54) is 18.1 Å². The number of amides is 1. The van der Waals surface area contributed by atoms with Crippen molar-refractivity contribution in [3.05, 3.63) is 65.9 Å². The second-order valence-corrected chi connectivity index (χ2v) is 5.87. The summed E-state index contributed by atoms with van der Waals surface area (Å²) < 4.78 is 3.33. The van der Waals surface area contributed by atoms with Crippen molar-refractivity contribution in [3.63, 3.8) is 0 Å². The molecule has 1 heterocycles. The van der Waals surface area contributed by atoms with E-state index in [0.717, 1.165) is 27.0 Å². The van der Waals surface area contributed by atoms with Crippen LogP contribution in [-0.2, 0) is 0 Å². The number of rotatable bonds is 4. The quantitative estimate of drug-likeness (QED) is 0.387. The van der Waals surface area contributed by atoms with Crippen molar-refractivity contribution in [2.24, 2.45) is 0 Å². The van der Waals surface area contributed by atoms with Gasteiger partial charge in [-0.25, -0.2) is 5.48 Å². The Hall–Kier alpha value is -2.57. The lowest BCUT2D eigenvalue weighted by Gasteiger charge is -2.11. The van der Waals surface area contributed by atoms with Gasteiger partial charge in [-0.15, -0.1) is 0 Å². The minimum absolute atomic E-state index is 0.318. The molecule has 0 radical (unpaired) electrons. The van der Waals surface area contributed by atoms with Gasteiger partial charge in [0.05, 0.1) is 11.1 Å². The molecule has 0 saturated carbocycles.